The molecule has 0 spiro atoms. The number of amides is 3. The number of imide groups is 1. The van der Waals surface area contributed by atoms with Crippen molar-refractivity contribution in [1.29, 1.82) is 0 Å². The van der Waals surface area contributed by atoms with Gasteiger partial charge in [-0.3, -0.25) is 19.3 Å². The van der Waals surface area contributed by atoms with Gasteiger partial charge in [0.2, 0.25) is 0 Å². The molecule has 7 nitrogen and oxygen atoms in total. The molecule has 1 N–H and O–H groups in total. The second-order valence-electron chi connectivity index (χ2n) is 7.10. The first-order valence-corrected chi connectivity index (χ1v) is 9.33. The summed E-state index contributed by atoms with van der Waals surface area (Å²) in [7, 11) is 0. The lowest BCUT2D eigenvalue weighted by Crippen LogP contribution is -2.44. The highest BCUT2D eigenvalue weighted by atomic mass is 16.5. The van der Waals surface area contributed by atoms with Crippen LogP contribution in [0.15, 0.2) is 48.5 Å². The minimum atomic E-state index is -1.14. The molecular weight excluding hydrogens is 372 g/mol. The molecule has 0 saturated carbocycles. The summed E-state index contributed by atoms with van der Waals surface area (Å²) in [6.45, 7) is 4.90. The van der Waals surface area contributed by atoms with Crippen molar-refractivity contribution in [2.24, 2.45) is 0 Å². The Balaban J connectivity index is 1.61. The predicted molar refractivity (Wildman–Crippen MR) is 107 cm³/mol. The molecule has 1 aliphatic rings. The number of rotatable bonds is 6. The number of fused-ring (bicyclic) bond motifs is 1. The number of nitrogens with zero attached hydrogens (tertiary/aromatic N) is 1. The second kappa shape index (κ2) is 8.26. The van der Waals surface area contributed by atoms with Gasteiger partial charge >= 0.3 is 5.97 Å². The number of carbonyl (C=O) groups excluding carboxylic acids is 4. The van der Waals surface area contributed by atoms with Crippen LogP contribution in [0.4, 0.5) is 5.69 Å². The highest BCUT2D eigenvalue weighted by Crippen LogP contribution is 2.25. The monoisotopic (exact) mass is 394 g/mol. The first-order valence-electron chi connectivity index (χ1n) is 9.33. The van der Waals surface area contributed by atoms with Gasteiger partial charge in [-0.05, 0) is 36.6 Å². The number of hydrogen-bond acceptors (Lipinski definition) is 5. The third-order valence-corrected chi connectivity index (χ3v) is 4.76. The van der Waals surface area contributed by atoms with Crippen LogP contribution in [0, 0.1) is 0 Å². The zero-order valence-corrected chi connectivity index (χ0v) is 16.5. The molecule has 7 heteroatoms. The molecule has 1 heterocycles. The Morgan fingerprint density at radius 3 is 2.07 bits per heavy atom. The number of anilines is 1. The molecule has 0 bridgehead atoms. The molecule has 1 aliphatic heterocycles. The van der Waals surface area contributed by atoms with Crippen LogP contribution < -0.4 is 5.32 Å². The van der Waals surface area contributed by atoms with Crippen LogP contribution in [0.5, 0.6) is 0 Å². The molecule has 1 atom stereocenters. The van der Waals surface area contributed by atoms with Crippen molar-refractivity contribution >= 4 is 29.4 Å². The summed E-state index contributed by atoms with van der Waals surface area (Å²) in [6.07, 6.45) is 0. The summed E-state index contributed by atoms with van der Waals surface area (Å²) in [5.74, 6) is -2.22. The average Bonchev–Trinajstić information content (AvgIpc) is 2.96. The first kappa shape index (κ1) is 20.3. The molecule has 3 amide bonds. The Morgan fingerprint density at radius 1 is 0.931 bits per heavy atom. The lowest BCUT2D eigenvalue weighted by atomic mass is 10.0. The quantitative estimate of drug-likeness (QED) is 0.601. The van der Waals surface area contributed by atoms with Crippen molar-refractivity contribution < 1.29 is 23.9 Å². The van der Waals surface area contributed by atoms with Crippen molar-refractivity contribution in [1.82, 2.24) is 4.90 Å². The summed E-state index contributed by atoms with van der Waals surface area (Å²) >= 11 is 0. The summed E-state index contributed by atoms with van der Waals surface area (Å²) in [5, 5.41) is 2.72. The van der Waals surface area contributed by atoms with Crippen LogP contribution in [-0.4, -0.2) is 41.2 Å². The van der Waals surface area contributed by atoms with E-state index in [2.05, 4.69) is 5.32 Å². The van der Waals surface area contributed by atoms with Crippen LogP contribution in [0.3, 0.4) is 0 Å². The summed E-state index contributed by atoms with van der Waals surface area (Å²) in [5.41, 5.74) is 2.11. The fourth-order valence-corrected chi connectivity index (χ4v) is 3.22. The summed E-state index contributed by atoms with van der Waals surface area (Å²) in [6, 6.07) is 12.6. The predicted octanol–water partition coefficient (Wildman–Crippen LogP) is 2.98. The van der Waals surface area contributed by atoms with E-state index in [-0.39, 0.29) is 17.0 Å². The zero-order chi connectivity index (χ0) is 21.1. The van der Waals surface area contributed by atoms with Crippen molar-refractivity contribution in [3.63, 3.8) is 0 Å². The molecule has 3 rings (SSSR count). The maximum absolute atomic E-state index is 12.5. The van der Waals surface area contributed by atoms with E-state index in [1.165, 1.54) is 19.1 Å². The van der Waals surface area contributed by atoms with E-state index in [0.717, 1.165) is 10.5 Å². The highest BCUT2D eigenvalue weighted by molar-refractivity contribution is 6.22. The topological polar surface area (TPSA) is 92.8 Å². The van der Waals surface area contributed by atoms with Crippen LogP contribution in [0.25, 0.3) is 0 Å². The summed E-state index contributed by atoms with van der Waals surface area (Å²) in [4.78, 5) is 50.3. The van der Waals surface area contributed by atoms with E-state index in [4.69, 9.17) is 4.74 Å². The number of para-hydroxylation sites is 1. The number of benzene rings is 2. The van der Waals surface area contributed by atoms with Gasteiger partial charge in [-0.2, -0.15) is 0 Å². The van der Waals surface area contributed by atoms with Gasteiger partial charge in [-0.1, -0.05) is 44.2 Å². The normalized spacial score (nSPS) is 14.0. The molecule has 29 heavy (non-hydrogen) atoms. The van der Waals surface area contributed by atoms with Crippen molar-refractivity contribution in [2.45, 2.75) is 32.7 Å². The van der Waals surface area contributed by atoms with E-state index in [1.54, 1.807) is 24.3 Å². The zero-order valence-electron chi connectivity index (χ0n) is 16.5. The fourth-order valence-electron chi connectivity index (χ4n) is 3.22. The largest absolute Gasteiger partial charge is 0.454 e. The third kappa shape index (κ3) is 4.03. The van der Waals surface area contributed by atoms with Gasteiger partial charge in [0.15, 0.2) is 6.61 Å². The lowest BCUT2D eigenvalue weighted by molar-refractivity contribution is -0.150. The van der Waals surface area contributed by atoms with Gasteiger partial charge in [0.25, 0.3) is 17.7 Å². The molecule has 2 aromatic rings. The van der Waals surface area contributed by atoms with Crippen molar-refractivity contribution in [3.05, 3.63) is 65.2 Å². The van der Waals surface area contributed by atoms with Crippen LogP contribution in [0.1, 0.15) is 53.0 Å². The van der Waals surface area contributed by atoms with Crippen LogP contribution >= 0.6 is 0 Å². The molecule has 0 unspecified atom stereocenters. The lowest BCUT2D eigenvalue weighted by Gasteiger charge is -2.21. The molecule has 0 aromatic heterocycles. The molecular formula is C22H22N2O5. The number of esters is 1. The number of carbonyl (C=O) groups is 4. The molecule has 0 fully saturated rings. The van der Waals surface area contributed by atoms with Gasteiger partial charge in [0.05, 0.1) is 11.1 Å². The average molecular weight is 394 g/mol. The van der Waals surface area contributed by atoms with E-state index >= 15 is 0 Å². The summed E-state index contributed by atoms with van der Waals surface area (Å²) < 4.78 is 5.05. The minimum Gasteiger partial charge on any atom is -0.454 e. The molecule has 2 aromatic carbocycles. The third-order valence-electron chi connectivity index (χ3n) is 4.76. The maximum atomic E-state index is 12.5. The standard InChI is InChI=1S/C22H22N2O5/c1-13(2)15-8-6-7-11-18(15)23-19(25)12-29-22(28)14(3)24-20(26)16-9-4-5-10-17(16)21(24)27/h4-11,13-14H,12H2,1-3H3,(H,23,25)/t14-/m0/s1. The smallest absolute Gasteiger partial charge is 0.329 e. The molecule has 0 radical (unpaired) electrons. The number of nitrogens with one attached hydrogen (secondary N) is 1. The van der Waals surface area contributed by atoms with E-state index in [1.807, 2.05) is 26.0 Å². The van der Waals surface area contributed by atoms with E-state index in [9.17, 15) is 19.2 Å². The van der Waals surface area contributed by atoms with Gasteiger partial charge in [0.1, 0.15) is 6.04 Å². The highest BCUT2D eigenvalue weighted by Gasteiger charge is 2.41. The Kier molecular flexibility index (Phi) is 5.77. The molecule has 150 valence electrons. The van der Waals surface area contributed by atoms with Gasteiger partial charge < -0.3 is 10.1 Å². The van der Waals surface area contributed by atoms with Gasteiger partial charge in [-0.15, -0.1) is 0 Å². The SMILES string of the molecule is CC(C)c1ccccc1NC(=O)COC(=O)[C@H](C)N1C(=O)c2ccccc2C1=O. The molecule has 0 aliphatic carbocycles. The minimum absolute atomic E-state index is 0.211. The second-order valence-corrected chi connectivity index (χ2v) is 7.10. The van der Waals surface area contributed by atoms with Crippen molar-refractivity contribution in [3.8, 4) is 0 Å². The Bertz CT molecular complexity index is 948. The fraction of sp³-hybridized carbons (Fsp3) is 0.273. The van der Waals surface area contributed by atoms with E-state index < -0.39 is 36.3 Å². The number of ether oxygens (including phenoxy) is 1. The van der Waals surface area contributed by atoms with Gasteiger partial charge in [0, 0.05) is 5.69 Å². The first-order chi connectivity index (χ1) is 13.8. The van der Waals surface area contributed by atoms with E-state index in [0.29, 0.717) is 5.69 Å². The Morgan fingerprint density at radius 2 is 1.48 bits per heavy atom. The van der Waals surface area contributed by atoms with Crippen LogP contribution in [-0.2, 0) is 14.3 Å². The Labute approximate surface area is 168 Å². The van der Waals surface area contributed by atoms with Crippen molar-refractivity contribution in [2.75, 3.05) is 11.9 Å². The maximum Gasteiger partial charge on any atom is 0.329 e. The molecule has 0 saturated heterocycles. The number of hydrogen-bond donors (Lipinski definition) is 1. The van der Waals surface area contributed by atoms with Gasteiger partial charge in [-0.25, -0.2) is 4.79 Å². The Hall–Kier alpha value is -3.48. The van der Waals surface area contributed by atoms with Crippen LogP contribution in [0.2, 0.25) is 0 Å².